The number of nitrogens with zero attached hydrogens (tertiary/aromatic N) is 4. The van der Waals surface area contributed by atoms with Crippen molar-refractivity contribution < 1.29 is 19.3 Å². The van der Waals surface area contributed by atoms with Gasteiger partial charge in [0.05, 0.1) is 60.6 Å². The topological polar surface area (TPSA) is 118 Å². The highest BCUT2D eigenvalue weighted by atomic mass is 16.5. The van der Waals surface area contributed by atoms with E-state index >= 15 is 0 Å². The Hall–Kier alpha value is -3.37. The van der Waals surface area contributed by atoms with Gasteiger partial charge in [0.2, 0.25) is 0 Å². The number of aliphatic hydroxyl groups excluding tert-OH is 1. The van der Waals surface area contributed by atoms with E-state index in [1.165, 1.54) is 0 Å². The molecule has 33 heavy (non-hydrogen) atoms. The number of hydrogen-bond acceptors (Lipinski definition) is 8. The number of aromatic nitrogens is 4. The number of benzene rings is 1. The highest BCUT2D eigenvalue weighted by molar-refractivity contribution is 5.90. The molecule has 1 aliphatic rings. The maximum Gasteiger partial charge on any atom is 0.154 e. The molecule has 4 heterocycles. The van der Waals surface area contributed by atoms with Crippen molar-refractivity contribution in [2.24, 2.45) is 5.73 Å². The van der Waals surface area contributed by atoms with Crippen LogP contribution in [0.2, 0.25) is 0 Å². The van der Waals surface area contributed by atoms with Crippen molar-refractivity contribution >= 4 is 10.9 Å². The lowest BCUT2D eigenvalue weighted by molar-refractivity contribution is -0.0589. The maximum absolute atomic E-state index is 9.50. The third-order valence-corrected chi connectivity index (χ3v) is 5.64. The third kappa shape index (κ3) is 4.07. The molecule has 0 spiro atoms. The summed E-state index contributed by atoms with van der Waals surface area (Å²) in [4.78, 5) is 9.33. The van der Waals surface area contributed by atoms with E-state index in [1.807, 2.05) is 42.5 Å². The van der Waals surface area contributed by atoms with Crippen LogP contribution in [0.4, 0.5) is 0 Å². The van der Waals surface area contributed by atoms with E-state index in [9.17, 15) is 5.11 Å². The Kier molecular flexibility index (Phi) is 5.77. The van der Waals surface area contributed by atoms with Gasteiger partial charge in [-0.1, -0.05) is 12.1 Å². The molecule has 1 saturated heterocycles. The Morgan fingerprint density at radius 3 is 2.73 bits per heavy atom. The van der Waals surface area contributed by atoms with Crippen LogP contribution in [0.5, 0.6) is 5.75 Å². The molecular formula is C24H25N5O4. The molecule has 3 aromatic heterocycles. The molecule has 1 aromatic carbocycles. The summed E-state index contributed by atoms with van der Waals surface area (Å²) in [6.07, 6.45) is 1.75. The molecule has 0 atom stereocenters. The van der Waals surface area contributed by atoms with E-state index in [2.05, 4.69) is 10.1 Å². The Balaban J connectivity index is 1.63. The molecule has 170 valence electrons. The molecule has 1 fully saturated rings. The molecule has 1 aliphatic heterocycles. The first kappa shape index (κ1) is 21.5. The molecule has 0 saturated carbocycles. The van der Waals surface area contributed by atoms with Crippen LogP contribution in [0.1, 0.15) is 11.4 Å². The number of aliphatic hydroxyl groups is 1. The van der Waals surface area contributed by atoms with Gasteiger partial charge in [0.1, 0.15) is 17.9 Å². The average molecular weight is 447 g/mol. The van der Waals surface area contributed by atoms with Gasteiger partial charge in [-0.15, -0.1) is 0 Å². The van der Waals surface area contributed by atoms with Crippen LogP contribution < -0.4 is 10.5 Å². The van der Waals surface area contributed by atoms with Crippen molar-refractivity contribution in [3.05, 3.63) is 66.1 Å². The van der Waals surface area contributed by atoms with E-state index < -0.39 is 5.54 Å². The number of methoxy groups -OCH3 is 1. The lowest BCUT2D eigenvalue weighted by Crippen LogP contribution is -2.54. The van der Waals surface area contributed by atoms with Crippen LogP contribution in [0.3, 0.4) is 0 Å². The molecule has 0 bridgehead atoms. The van der Waals surface area contributed by atoms with Gasteiger partial charge in [0.25, 0.3) is 0 Å². The SMILES string of the molecule is COCCOc1cc(-c2cccc(C3(N)COC3)n2)cc2c1cnn2-c1cccc(CO)n1. The van der Waals surface area contributed by atoms with Gasteiger partial charge in [-0.05, 0) is 36.4 Å². The lowest BCUT2D eigenvalue weighted by Gasteiger charge is -2.37. The molecule has 5 rings (SSSR count). The fraction of sp³-hybridized carbons (Fsp3) is 0.292. The van der Waals surface area contributed by atoms with Gasteiger partial charge < -0.3 is 25.1 Å². The van der Waals surface area contributed by atoms with E-state index in [0.717, 1.165) is 27.9 Å². The number of fused-ring (bicyclic) bond motifs is 1. The predicted octanol–water partition coefficient (Wildman–Crippen LogP) is 2.18. The zero-order valence-corrected chi connectivity index (χ0v) is 18.3. The van der Waals surface area contributed by atoms with Crippen molar-refractivity contribution in [2.45, 2.75) is 12.1 Å². The minimum Gasteiger partial charge on any atom is -0.490 e. The Morgan fingerprint density at radius 2 is 1.97 bits per heavy atom. The second kappa shape index (κ2) is 8.87. The number of pyridine rings is 2. The molecule has 0 radical (unpaired) electrons. The normalized spacial score (nSPS) is 14.9. The van der Waals surface area contributed by atoms with E-state index in [1.54, 1.807) is 24.1 Å². The van der Waals surface area contributed by atoms with Crippen LogP contribution in [0.25, 0.3) is 28.0 Å². The fourth-order valence-corrected chi connectivity index (χ4v) is 3.79. The first-order valence-electron chi connectivity index (χ1n) is 10.7. The van der Waals surface area contributed by atoms with Gasteiger partial charge in [-0.3, -0.25) is 4.98 Å². The Morgan fingerprint density at radius 1 is 1.12 bits per heavy atom. The highest BCUT2D eigenvalue weighted by Gasteiger charge is 2.37. The first-order chi connectivity index (χ1) is 16.1. The van der Waals surface area contributed by atoms with E-state index in [-0.39, 0.29) is 6.61 Å². The van der Waals surface area contributed by atoms with Gasteiger partial charge in [0, 0.05) is 12.7 Å². The molecule has 9 nitrogen and oxygen atoms in total. The number of nitrogens with two attached hydrogens (primary N) is 1. The molecule has 9 heteroatoms. The second-order valence-corrected chi connectivity index (χ2v) is 8.01. The highest BCUT2D eigenvalue weighted by Crippen LogP contribution is 2.34. The maximum atomic E-state index is 9.50. The van der Waals surface area contributed by atoms with Gasteiger partial charge in [0.15, 0.2) is 5.82 Å². The van der Waals surface area contributed by atoms with E-state index in [0.29, 0.717) is 43.7 Å². The minimum absolute atomic E-state index is 0.148. The Bertz CT molecular complexity index is 1290. The molecule has 3 N–H and O–H groups in total. The van der Waals surface area contributed by atoms with Crippen molar-refractivity contribution in [3.63, 3.8) is 0 Å². The summed E-state index contributed by atoms with van der Waals surface area (Å²) in [5.41, 5.74) is 9.65. The summed E-state index contributed by atoms with van der Waals surface area (Å²) >= 11 is 0. The average Bonchev–Trinajstić information content (AvgIpc) is 3.27. The summed E-state index contributed by atoms with van der Waals surface area (Å²) < 4.78 is 18.2. The molecule has 0 amide bonds. The molecular weight excluding hydrogens is 422 g/mol. The van der Waals surface area contributed by atoms with Crippen molar-refractivity contribution in [2.75, 3.05) is 33.5 Å². The largest absolute Gasteiger partial charge is 0.490 e. The summed E-state index contributed by atoms with van der Waals surface area (Å²) in [6.45, 7) is 1.62. The van der Waals surface area contributed by atoms with Gasteiger partial charge in [-0.25, -0.2) is 9.67 Å². The van der Waals surface area contributed by atoms with Crippen LogP contribution in [-0.4, -0.2) is 58.4 Å². The third-order valence-electron chi connectivity index (χ3n) is 5.64. The quantitative estimate of drug-likeness (QED) is 0.395. The minimum atomic E-state index is -0.561. The van der Waals surface area contributed by atoms with Crippen LogP contribution in [-0.2, 0) is 21.6 Å². The molecule has 4 aromatic rings. The fourth-order valence-electron chi connectivity index (χ4n) is 3.79. The van der Waals surface area contributed by atoms with Gasteiger partial charge >= 0.3 is 0 Å². The van der Waals surface area contributed by atoms with Crippen molar-refractivity contribution in [1.82, 2.24) is 19.7 Å². The number of rotatable bonds is 8. The summed E-state index contributed by atoms with van der Waals surface area (Å²) in [5, 5.41) is 14.9. The number of ether oxygens (including phenoxy) is 3. The molecule has 0 aliphatic carbocycles. The summed E-state index contributed by atoms with van der Waals surface area (Å²) in [5.74, 6) is 1.27. The van der Waals surface area contributed by atoms with Crippen molar-refractivity contribution in [1.29, 1.82) is 0 Å². The summed E-state index contributed by atoms with van der Waals surface area (Å²) in [7, 11) is 1.63. The predicted molar refractivity (Wildman–Crippen MR) is 122 cm³/mol. The van der Waals surface area contributed by atoms with Gasteiger partial charge in [-0.2, -0.15) is 5.10 Å². The lowest BCUT2D eigenvalue weighted by atomic mass is 9.93. The van der Waals surface area contributed by atoms with Crippen molar-refractivity contribution in [3.8, 4) is 22.8 Å². The van der Waals surface area contributed by atoms with Crippen LogP contribution in [0, 0.1) is 0 Å². The first-order valence-corrected chi connectivity index (χ1v) is 10.7. The number of hydrogen-bond donors (Lipinski definition) is 2. The second-order valence-electron chi connectivity index (χ2n) is 8.01. The molecule has 0 unspecified atom stereocenters. The van der Waals surface area contributed by atoms with Crippen LogP contribution >= 0.6 is 0 Å². The zero-order valence-electron chi connectivity index (χ0n) is 18.3. The van der Waals surface area contributed by atoms with Crippen LogP contribution in [0.15, 0.2) is 54.7 Å². The standard InChI is InChI=1S/C24H25N5O4/c1-31-8-9-33-21-11-16(19-5-3-6-22(28-19)24(25)14-32-15-24)10-20-18(21)12-26-29(20)23-7-2-4-17(13-30)27-23/h2-7,10-12,30H,8-9,13-15,25H2,1H3. The van der Waals surface area contributed by atoms with E-state index in [4.69, 9.17) is 24.9 Å². The summed E-state index contributed by atoms with van der Waals surface area (Å²) in [6, 6.07) is 15.2. The monoisotopic (exact) mass is 447 g/mol. The zero-order chi connectivity index (χ0) is 22.8. The smallest absolute Gasteiger partial charge is 0.154 e. The Labute approximate surface area is 190 Å².